The second-order valence-corrected chi connectivity index (χ2v) is 9.44. The summed E-state index contributed by atoms with van der Waals surface area (Å²) in [5, 5.41) is 0. The summed E-state index contributed by atoms with van der Waals surface area (Å²) in [7, 11) is -3.95. The summed E-state index contributed by atoms with van der Waals surface area (Å²) in [6.45, 7) is 3.94. The van der Waals surface area contributed by atoms with Crippen molar-refractivity contribution >= 4 is 16.1 Å². The molecule has 0 amide bonds. The Bertz CT molecular complexity index is 1140. The van der Waals surface area contributed by atoms with Gasteiger partial charge in [0.2, 0.25) is 0 Å². The molecule has 33 heavy (non-hydrogen) atoms. The van der Waals surface area contributed by atoms with Crippen molar-refractivity contribution in [1.29, 1.82) is 0 Å². The standard InChI is InChI=1S/C26H29NO5S/c1-3-31-26(28)18-24(25(27)17-20-7-5-4-6-8-20)21-11-13-22(14-12-21)32-33(29,30)23-15-9-19(2)10-16-23/h4-16,24-25H,3,17-18,27H2,1-2H3. The highest BCUT2D eigenvalue weighted by Gasteiger charge is 2.25. The number of aryl methyl sites for hydroxylation is 1. The summed E-state index contributed by atoms with van der Waals surface area (Å²) < 4.78 is 35.5. The minimum Gasteiger partial charge on any atom is -0.466 e. The average Bonchev–Trinajstić information content (AvgIpc) is 2.79. The van der Waals surface area contributed by atoms with Crippen LogP contribution in [-0.2, 0) is 26.1 Å². The largest absolute Gasteiger partial charge is 0.466 e. The summed E-state index contributed by atoms with van der Waals surface area (Å²) in [5.74, 6) is -0.439. The van der Waals surface area contributed by atoms with E-state index >= 15 is 0 Å². The molecule has 0 saturated heterocycles. The molecule has 2 atom stereocenters. The van der Waals surface area contributed by atoms with E-state index in [1.54, 1.807) is 43.3 Å². The summed E-state index contributed by atoms with van der Waals surface area (Å²) in [4.78, 5) is 12.3. The summed E-state index contributed by atoms with van der Waals surface area (Å²) in [6.07, 6.45) is 0.717. The molecule has 0 aromatic heterocycles. The summed E-state index contributed by atoms with van der Waals surface area (Å²) >= 11 is 0. The molecule has 3 aromatic carbocycles. The van der Waals surface area contributed by atoms with E-state index in [2.05, 4.69) is 0 Å². The Hall–Kier alpha value is -3.16. The monoisotopic (exact) mass is 467 g/mol. The Morgan fingerprint density at radius 1 is 0.939 bits per heavy atom. The first-order chi connectivity index (χ1) is 15.8. The summed E-state index contributed by atoms with van der Waals surface area (Å²) in [6, 6.07) is 22.6. The number of ether oxygens (including phenoxy) is 1. The van der Waals surface area contributed by atoms with Gasteiger partial charge >= 0.3 is 16.1 Å². The van der Waals surface area contributed by atoms with E-state index in [9.17, 15) is 13.2 Å². The van der Waals surface area contributed by atoms with Crippen LogP contribution in [0, 0.1) is 6.92 Å². The van der Waals surface area contributed by atoms with Crippen LogP contribution in [0.5, 0.6) is 5.75 Å². The van der Waals surface area contributed by atoms with E-state index in [-0.39, 0.29) is 35.0 Å². The Morgan fingerprint density at radius 2 is 1.58 bits per heavy atom. The quantitative estimate of drug-likeness (QED) is 0.351. The second-order valence-electron chi connectivity index (χ2n) is 7.89. The first-order valence-electron chi connectivity index (χ1n) is 10.8. The van der Waals surface area contributed by atoms with Crippen LogP contribution in [0.3, 0.4) is 0 Å². The van der Waals surface area contributed by atoms with Crippen molar-refractivity contribution in [2.75, 3.05) is 6.61 Å². The highest BCUT2D eigenvalue weighted by Crippen LogP contribution is 2.28. The number of hydrogen-bond donors (Lipinski definition) is 1. The van der Waals surface area contributed by atoms with Gasteiger partial charge in [-0.2, -0.15) is 8.42 Å². The number of nitrogens with two attached hydrogens (primary N) is 1. The average molecular weight is 468 g/mol. The third-order valence-electron chi connectivity index (χ3n) is 5.35. The minimum absolute atomic E-state index is 0.0854. The lowest BCUT2D eigenvalue weighted by atomic mass is 9.85. The van der Waals surface area contributed by atoms with Gasteiger partial charge in [-0.3, -0.25) is 4.79 Å². The van der Waals surface area contributed by atoms with E-state index in [0.717, 1.165) is 16.7 Å². The molecule has 0 aliphatic heterocycles. The Balaban J connectivity index is 1.79. The second kappa shape index (κ2) is 11.1. The van der Waals surface area contributed by atoms with Gasteiger partial charge in [-0.15, -0.1) is 0 Å². The Morgan fingerprint density at radius 3 is 2.18 bits per heavy atom. The first-order valence-corrected chi connectivity index (χ1v) is 12.3. The van der Waals surface area contributed by atoms with Gasteiger partial charge in [0, 0.05) is 12.0 Å². The van der Waals surface area contributed by atoms with Crippen LogP contribution in [0.1, 0.15) is 36.0 Å². The highest BCUT2D eigenvalue weighted by molar-refractivity contribution is 7.87. The van der Waals surface area contributed by atoms with E-state index in [1.165, 1.54) is 12.1 Å². The molecule has 174 valence electrons. The molecule has 0 saturated carbocycles. The zero-order valence-electron chi connectivity index (χ0n) is 18.8. The first kappa shape index (κ1) is 24.5. The SMILES string of the molecule is CCOC(=O)CC(c1ccc(OS(=O)(=O)c2ccc(C)cc2)cc1)C(N)Cc1ccccc1. The zero-order chi connectivity index (χ0) is 23.8. The molecular weight excluding hydrogens is 438 g/mol. The van der Waals surface area contributed by atoms with Gasteiger partial charge in [0.1, 0.15) is 10.6 Å². The van der Waals surface area contributed by atoms with Gasteiger partial charge < -0.3 is 14.7 Å². The molecule has 0 aliphatic rings. The van der Waals surface area contributed by atoms with Gasteiger partial charge in [0.05, 0.1) is 13.0 Å². The molecule has 0 spiro atoms. The van der Waals surface area contributed by atoms with Crippen molar-refractivity contribution in [3.63, 3.8) is 0 Å². The van der Waals surface area contributed by atoms with Crippen LogP contribution in [0.4, 0.5) is 0 Å². The maximum atomic E-state index is 12.6. The molecule has 2 N–H and O–H groups in total. The number of rotatable bonds is 10. The van der Waals surface area contributed by atoms with Crippen LogP contribution in [0.25, 0.3) is 0 Å². The number of hydrogen-bond acceptors (Lipinski definition) is 6. The predicted molar refractivity (Wildman–Crippen MR) is 128 cm³/mol. The fraction of sp³-hybridized carbons (Fsp3) is 0.269. The lowest BCUT2D eigenvalue weighted by molar-refractivity contribution is -0.143. The third-order valence-corrected chi connectivity index (χ3v) is 6.61. The molecule has 0 bridgehead atoms. The van der Waals surface area contributed by atoms with Gasteiger partial charge in [-0.25, -0.2) is 0 Å². The zero-order valence-corrected chi connectivity index (χ0v) is 19.6. The van der Waals surface area contributed by atoms with E-state index in [4.69, 9.17) is 14.7 Å². The van der Waals surface area contributed by atoms with Crippen molar-refractivity contribution in [2.45, 2.75) is 43.5 Å². The van der Waals surface area contributed by atoms with Gasteiger partial charge in [0.25, 0.3) is 0 Å². The molecule has 2 unspecified atom stereocenters. The maximum absolute atomic E-state index is 12.6. The molecule has 0 fully saturated rings. The van der Waals surface area contributed by atoms with Gasteiger partial charge in [0.15, 0.2) is 0 Å². The fourth-order valence-electron chi connectivity index (χ4n) is 3.59. The molecular formula is C26H29NO5S. The van der Waals surface area contributed by atoms with E-state index in [0.29, 0.717) is 13.0 Å². The van der Waals surface area contributed by atoms with Crippen molar-refractivity contribution in [3.05, 3.63) is 95.6 Å². The molecule has 6 nitrogen and oxygen atoms in total. The van der Waals surface area contributed by atoms with Gasteiger partial charge in [-0.1, -0.05) is 60.2 Å². The number of carbonyl (C=O) groups is 1. The number of benzene rings is 3. The Kier molecular flexibility index (Phi) is 8.25. The molecule has 3 aromatic rings. The van der Waals surface area contributed by atoms with E-state index < -0.39 is 10.1 Å². The lowest BCUT2D eigenvalue weighted by Gasteiger charge is -2.24. The van der Waals surface area contributed by atoms with Crippen LogP contribution in [0.2, 0.25) is 0 Å². The molecule has 0 heterocycles. The number of carbonyl (C=O) groups excluding carboxylic acids is 1. The Labute approximate surface area is 195 Å². The highest BCUT2D eigenvalue weighted by atomic mass is 32.2. The van der Waals surface area contributed by atoms with Crippen LogP contribution in [-0.4, -0.2) is 27.0 Å². The third kappa shape index (κ3) is 6.91. The van der Waals surface area contributed by atoms with Crippen LogP contribution >= 0.6 is 0 Å². The predicted octanol–water partition coefficient (Wildman–Crippen LogP) is 4.37. The van der Waals surface area contributed by atoms with Crippen molar-refractivity contribution in [3.8, 4) is 5.75 Å². The molecule has 0 radical (unpaired) electrons. The van der Waals surface area contributed by atoms with Crippen LogP contribution < -0.4 is 9.92 Å². The van der Waals surface area contributed by atoms with Crippen molar-refractivity contribution in [2.24, 2.45) is 5.73 Å². The normalized spacial score (nSPS) is 13.2. The topological polar surface area (TPSA) is 95.7 Å². The lowest BCUT2D eigenvalue weighted by Crippen LogP contribution is -2.32. The smallest absolute Gasteiger partial charge is 0.339 e. The number of esters is 1. The minimum atomic E-state index is -3.95. The van der Waals surface area contributed by atoms with Crippen LogP contribution in [0.15, 0.2) is 83.8 Å². The molecule has 3 rings (SSSR count). The molecule has 7 heteroatoms. The van der Waals surface area contributed by atoms with E-state index in [1.807, 2.05) is 37.3 Å². The fourth-order valence-corrected chi connectivity index (χ4v) is 4.52. The molecule has 0 aliphatic carbocycles. The van der Waals surface area contributed by atoms with Crippen molar-refractivity contribution in [1.82, 2.24) is 0 Å². The maximum Gasteiger partial charge on any atom is 0.339 e. The summed E-state index contributed by atoms with van der Waals surface area (Å²) in [5.41, 5.74) is 9.36. The van der Waals surface area contributed by atoms with Gasteiger partial charge in [-0.05, 0) is 55.7 Å². The van der Waals surface area contributed by atoms with Crippen molar-refractivity contribution < 1.29 is 22.1 Å².